The summed E-state index contributed by atoms with van der Waals surface area (Å²) in [6.45, 7) is 0.836. The molecule has 1 fully saturated rings. The van der Waals surface area contributed by atoms with Crippen LogP contribution >= 0.6 is 11.3 Å². The molecule has 2 atom stereocenters. The molecule has 0 radical (unpaired) electrons. The largest absolute Gasteiger partial charge is 0.465 e. The molecule has 2 N–H and O–H groups in total. The van der Waals surface area contributed by atoms with Crippen molar-refractivity contribution in [3.63, 3.8) is 0 Å². The Balaban J connectivity index is 1.79. The highest BCUT2D eigenvalue weighted by Gasteiger charge is 2.33. The minimum Gasteiger partial charge on any atom is -0.465 e. The minimum atomic E-state index is -0.908. The quantitative estimate of drug-likeness (QED) is 0.909. The summed E-state index contributed by atoms with van der Waals surface area (Å²) in [4.78, 5) is 25.7. The van der Waals surface area contributed by atoms with Gasteiger partial charge in [0.25, 0.3) is 5.91 Å². The Kier molecular flexibility index (Phi) is 4.62. The van der Waals surface area contributed by atoms with Crippen molar-refractivity contribution >= 4 is 23.3 Å². The van der Waals surface area contributed by atoms with Crippen LogP contribution in [0.1, 0.15) is 27.6 Å². The highest BCUT2D eigenvalue weighted by Crippen LogP contribution is 2.28. The fraction of sp³-hybridized carbons (Fsp3) is 0.294. The lowest BCUT2D eigenvalue weighted by Gasteiger charge is -2.37. The van der Waals surface area contributed by atoms with Crippen molar-refractivity contribution in [1.29, 1.82) is 0 Å². The molecule has 0 spiro atoms. The average molecular weight is 330 g/mol. The fourth-order valence-electron chi connectivity index (χ4n) is 2.98. The molecule has 23 heavy (non-hydrogen) atoms. The molecule has 1 aromatic carbocycles. The number of hydrogen-bond donors (Lipinski definition) is 2. The molecule has 0 bridgehead atoms. The number of benzene rings is 1. The molecule has 2 aromatic rings. The zero-order valence-corrected chi connectivity index (χ0v) is 13.3. The van der Waals surface area contributed by atoms with Gasteiger partial charge in [-0.2, -0.15) is 0 Å². The fourth-order valence-corrected chi connectivity index (χ4v) is 3.61. The van der Waals surface area contributed by atoms with Crippen LogP contribution in [0.5, 0.6) is 0 Å². The van der Waals surface area contributed by atoms with E-state index < -0.39 is 6.09 Å². The number of nitrogens with one attached hydrogen (secondary N) is 1. The van der Waals surface area contributed by atoms with Crippen LogP contribution in [0.25, 0.3) is 0 Å². The van der Waals surface area contributed by atoms with Gasteiger partial charge in [0.15, 0.2) is 0 Å². The van der Waals surface area contributed by atoms with E-state index in [1.54, 1.807) is 6.07 Å². The Morgan fingerprint density at radius 3 is 2.61 bits per heavy atom. The molecule has 2 unspecified atom stereocenters. The van der Waals surface area contributed by atoms with Gasteiger partial charge in [0.1, 0.15) is 0 Å². The summed E-state index contributed by atoms with van der Waals surface area (Å²) in [5.74, 6) is -0.125. The highest BCUT2D eigenvalue weighted by atomic mass is 32.1. The predicted molar refractivity (Wildman–Crippen MR) is 89.0 cm³/mol. The number of carbonyl (C=O) groups excluding carboxylic acids is 1. The number of piperidine rings is 1. The Bertz CT molecular complexity index is 672. The maximum Gasteiger partial charge on any atom is 0.407 e. The van der Waals surface area contributed by atoms with Crippen LogP contribution in [0.15, 0.2) is 47.8 Å². The van der Waals surface area contributed by atoms with Crippen molar-refractivity contribution in [2.45, 2.75) is 18.4 Å². The van der Waals surface area contributed by atoms with E-state index in [0.29, 0.717) is 24.4 Å². The molecule has 2 heterocycles. The van der Waals surface area contributed by atoms with E-state index in [1.807, 2.05) is 41.8 Å². The number of carboxylic acid groups (broad SMARTS) is 1. The first-order valence-corrected chi connectivity index (χ1v) is 8.40. The summed E-state index contributed by atoms with van der Waals surface area (Å²) in [7, 11) is 0. The second kappa shape index (κ2) is 6.83. The van der Waals surface area contributed by atoms with Crippen molar-refractivity contribution in [2.24, 2.45) is 0 Å². The summed E-state index contributed by atoms with van der Waals surface area (Å²) in [5, 5.41) is 14.2. The van der Waals surface area contributed by atoms with E-state index >= 15 is 0 Å². The van der Waals surface area contributed by atoms with Gasteiger partial charge in [0, 0.05) is 25.0 Å². The molecule has 0 aliphatic carbocycles. The smallest absolute Gasteiger partial charge is 0.407 e. The zero-order chi connectivity index (χ0) is 16.2. The first-order chi connectivity index (χ1) is 11.1. The van der Waals surface area contributed by atoms with Gasteiger partial charge in [-0.15, -0.1) is 11.3 Å². The molecule has 2 amide bonds. The standard InChI is InChI=1S/C17H18N2O3S/c20-16(15-7-4-10-23-15)18-14-8-9-19(17(21)22)11-13(14)12-5-2-1-3-6-12/h1-7,10,13-14H,8-9,11H2,(H,18,20)(H,21,22). The van der Waals surface area contributed by atoms with Gasteiger partial charge in [-0.3, -0.25) is 4.79 Å². The highest BCUT2D eigenvalue weighted by molar-refractivity contribution is 7.12. The average Bonchev–Trinajstić information content (AvgIpc) is 3.10. The van der Waals surface area contributed by atoms with E-state index in [9.17, 15) is 14.7 Å². The van der Waals surface area contributed by atoms with Gasteiger partial charge in [0.2, 0.25) is 0 Å². The number of nitrogens with zero attached hydrogens (tertiary/aromatic N) is 1. The van der Waals surface area contributed by atoms with Crippen LogP contribution in [0, 0.1) is 0 Å². The van der Waals surface area contributed by atoms with Gasteiger partial charge in [-0.1, -0.05) is 36.4 Å². The molecule has 1 aliphatic heterocycles. The number of thiophene rings is 1. The lowest BCUT2D eigenvalue weighted by molar-refractivity contribution is 0.0892. The monoisotopic (exact) mass is 330 g/mol. The van der Waals surface area contributed by atoms with Crippen LogP contribution in [-0.4, -0.2) is 41.1 Å². The Morgan fingerprint density at radius 1 is 1.17 bits per heavy atom. The van der Waals surface area contributed by atoms with Crippen LogP contribution in [0.3, 0.4) is 0 Å². The van der Waals surface area contributed by atoms with Crippen molar-refractivity contribution in [3.8, 4) is 0 Å². The molecular formula is C17H18N2O3S. The van der Waals surface area contributed by atoms with Crippen LogP contribution in [0.4, 0.5) is 4.79 Å². The summed E-state index contributed by atoms with van der Waals surface area (Å²) in [6, 6.07) is 13.4. The van der Waals surface area contributed by atoms with Gasteiger partial charge < -0.3 is 15.3 Å². The van der Waals surface area contributed by atoms with Gasteiger partial charge in [-0.25, -0.2) is 4.79 Å². The van der Waals surface area contributed by atoms with Crippen molar-refractivity contribution < 1.29 is 14.7 Å². The maximum absolute atomic E-state index is 12.3. The lowest BCUT2D eigenvalue weighted by Crippen LogP contribution is -2.50. The summed E-state index contributed by atoms with van der Waals surface area (Å²) in [6.07, 6.45) is -0.294. The van der Waals surface area contributed by atoms with Gasteiger partial charge in [0.05, 0.1) is 4.88 Å². The summed E-state index contributed by atoms with van der Waals surface area (Å²) >= 11 is 1.41. The van der Waals surface area contributed by atoms with E-state index in [4.69, 9.17) is 0 Å². The van der Waals surface area contributed by atoms with Gasteiger partial charge >= 0.3 is 6.09 Å². The molecular weight excluding hydrogens is 312 g/mol. The first kappa shape index (κ1) is 15.6. The molecule has 5 nitrogen and oxygen atoms in total. The number of likely N-dealkylation sites (tertiary alicyclic amines) is 1. The molecule has 1 saturated heterocycles. The van der Waals surface area contributed by atoms with Crippen molar-refractivity contribution in [2.75, 3.05) is 13.1 Å². The van der Waals surface area contributed by atoms with E-state index in [0.717, 1.165) is 5.56 Å². The Labute approximate surface area is 138 Å². The number of hydrogen-bond acceptors (Lipinski definition) is 3. The third-order valence-corrected chi connectivity index (χ3v) is 5.04. The molecule has 1 aromatic heterocycles. The molecule has 6 heteroatoms. The summed E-state index contributed by atoms with van der Waals surface area (Å²) < 4.78 is 0. The molecule has 120 valence electrons. The lowest BCUT2D eigenvalue weighted by atomic mass is 9.86. The number of amides is 2. The molecule has 1 aliphatic rings. The predicted octanol–water partition coefficient (Wildman–Crippen LogP) is 3.01. The molecule has 3 rings (SSSR count). The SMILES string of the molecule is O=C(NC1CCN(C(=O)O)CC1c1ccccc1)c1cccs1. The topological polar surface area (TPSA) is 69.6 Å². The number of carbonyl (C=O) groups is 2. The van der Waals surface area contributed by atoms with Crippen LogP contribution in [-0.2, 0) is 0 Å². The van der Waals surface area contributed by atoms with Crippen molar-refractivity contribution in [1.82, 2.24) is 10.2 Å². The zero-order valence-electron chi connectivity index (χ0n) is 12.5. The van der Waals surface area contributed by atoms with Crippen molar-refractivity contribution in [3.05, 3.63) is 58.3 Å². The molecule has 0 saturated carbocycles. The Hall–Kier alpha value is -2.34. The van der Waals surface area contributed by atoms with E-state index in [2.05, 4.69) is 5.32 Å². The van der Waals surface area contributed by atoms with Crippen LogP contribution < -0.4 is 5.32 Å². The number of rotatable bonds is 3. The van der Waals surface area contributed by atoms with Gasteiger partial charge in [-0.05, 0) is 23.4 Å². The third-order valence-electron chi connectivity index (χ3n) is 4.17. The second-order valence-corrected chi connectivity index (χ2v) is 6.54. The van der Waals surface area contributed by atoms with Crippen LogP contribution in [0.2, 0.25) is 0 Å². The van der Waals surface area contributed by atoms with E-state index in [1.165, 1.54) is 16.2 Å². The first-order valence-electron chi connectivity index (χ1n) is 7.52. The summed E-state index contributed by atoms with van der Waals surface area (Å²) in [5.41, 5.74) is 1.05. The third kappa shape index (κ3) is 3.53. The second-order valence-electron chi connectivity index (χ2n) is 5.59. The maximum atomic E-state index is 12.3. The minimum absolute atomic E-state index is 0.0371. The van der Waals surface area contributed by atoms with E-state index in [-0.39, 0.29) is 17.9 Å². The normalized spacial score (nSPS) is 21.0. The Morgan fingerprint density at radius 2 is 1.96 bits per heavy atom.